The summed E-state index contributed by atoms with van der Waals surface area (Å²) in [6, 6.07) is 14.8. The van der Waals surface area contributed by atoms with Crippen LogP contribution >= 0.6 is 11.6 Å². The Morgan fingerprint density at radius 2 is 1.84 bits per heavy atom. The molecule has 2 atom stereocenters. The molecule has 0 saturated carbocycles. The summed E-state index contributed by atoms with van der Waals surface area (Å²) in [6.45, 7) is 4.20. The number of aromatic nitrogens is 3. The van der Waals surface area contributed by atoms with Gasteiger partial charge in [0.15, 0.2) is 0 Å². The van der Waals surface area contributed by atoms with Crippen molar-refractivity contribution in [3.05, 3.63) is 87.9 Å². The van der Waals surface area contributed by atoms with Crippen LogP contribution in [0.4, 0.5) is 8.78 Å². The molecule has 0 aliphatic rings. The lowest BCUT2D eigenvalue weighted by molar-refractivity contribution is -0.145. The van der Waals surface area contributed by atoms with Gasteiger partial charge in [-0.25, -0.2) is 4.68 Å². The van der Waals surface area contributed by atoms with Gasteiger partial charge >= 0.3 is 5.92 Å². The van der Waals surface area contributed by atoms with E-state index in [1.807, 2.05) is 19.9 Å². The van der Waals surface area contributed by atoms with Gasteiger partial charge in [0.05, 0.1) is 28.5 Å². The quantitative estimate of drug-likeness (QED) is 0.337. The first kappa shape index (κ1) is 26.3. The van der Waals surface area contributed by atoms with E-state index in [0.29, 0.717) is 34.8 Å². The number of halogens is 3. The van der Waals surface area contributed by atoms with E-state index in [2.05, 4.69) is 10.4 Å². The zero-order valence-corrected chi connectivity index (χ0v) is 21.5. The number of amides is 1. The van der Waals surface area contributed by atoms with Gasteiger partial charge in [-0.2, -0.15) is 13.9 Å². The van der Waals surface area contributed by atoms with Crippen LogP contribution in [-0.4, -0.2) is 32.2 Å². The molecule has 2 aromatic carbocycles. The number of carbonyl (C=O) groups excluding carboxylic acids is 1. The van der Waals surface area contributed by atoms with Gasteiger partial charge in [-0.1, -0.05) is 55.8 Å². The predicted octanol–water partition coefficient (Wildman–Crippen LogP) is 5.29. The fourth-order valence-corrected chi connectivity index (χ4v) is 4.23. The zero-order chi connectivity index (χ0) is 26.9. The van der Waals surface area contributed by atoms with Crippen molar-refractivity contribution < 1.29 is 18.3 Å². The molecule has 2 heterocycles. The molecule has 0 saturated heterocycles. The fourth-order valence-electron chi connectivity index (χ4n) is 4.03. The van der Waals surface area contributed by atoms with Crippen molar-refractivity contribution in [3.63, 3.8) is 0 Å². The van der Waals surface area contributed by atoms with Gasteiger partial charge in [0.2, 0.25) is 5.56 Å². The molecular formula is C27H27ClF2N4O3. The molecule has 1 unspecified atom stereocenters. The lowest BCUT2D eigenvalue weighted by Gasteiger charge is -2.32. The van der Waals surface area contributed by atoms with Gasteiger partial charge in [0, 0.05) is 31.6 Å². The Labute approximate surface area is 217 Å². The summed E-state index contributed by atoms with van der Waals surface area (Å²) in [5, 5.41) is 7.88. The van der Waals surface area contributed by atoms with E-state index in [0.717, 1.165) is 0 Å². The Kier molecular flexibility index (Phi) is 7.36. The molecule has 0 fully saturated rings. The summed E-state index contributed by atoms with van der Waals surface area (Å²) in [5.74, 6) is -4.85. The standard InChI is InChI=1S/C27H27ClF2N4O3/c1-16(2)24(32-26(36)27(3,29)30)25(17-8-6-5-7-9-17)37-22-12-18-14-31-34(21(18)13-20(22)28)19-10-11-23(35)33(4)15-19/h5-16,24-25H,1-4H3,(H,32,36)/t24?,25-/m1/s1. The van der Waals surface area contributed by atoms with Gasteiger partial charge in [0.25, 0.3) is 5.91 Å². The smallest absolute Gasteiger partial charge is 0.321 e. The maximum Gasteiger partial charge on any atom is 0.321 e. The average molecular weight is 529 g/mol. The Hall–Kier alpha value is -3.72. The maximum absolute atomic E-state index is 13.8. The van der Waals surface area contributed by atoms with Crippen LogP contribution in [0.2, 0.25) is 5.02 Å². The molecule has 0 spiro atoms. The SMILES string of the molecule is CC(C)C(NC(=O)C(C)(F)F)[C@H](Oc1cc2cnn(-c3ccc(=O)n(C)c3)c2cc1Cl)c1ccccc1. The number of benzene rings is 2. The van der Waals surface area contributed by atoms with Gasteiger partial charge in [-0.3, -0.25) is 9.59 Å². The van der Waals surface area contributed by atoms with Crippen molar-refractivity contribution in [1.29, 1.82) is 0 Å². The first-order valence-corrected chi connectivity index (χ1v) is 12.1. The predicted molar refractivity (Wildman–Crippen MR) is 139 cm³/mol. The monoisotopic (exact) mass is 528 g/mol. The molecule has 37 heavy (non-hydrogen) atoms. The van der Waals surface area contributed by atoms with Crippen molar-refractivity contribution in [3.8, 4) is 11.4 Å². The second kappa shape index (κ2) is 10.3. The number of ether oxygens (including phenoxy) is 1. The summed E-state index contributed by atoms with van der Waals surface area (Å²) >= 11 is 6.64. The summed E-state index contributed by atoms with van der Waals surface area (Å²) in [4.78, 5) is 24.0. The zero-order valence-electron chi connectivity index (χ0n) is 20.8. The Morgan fingerprint density at radius 1 is 1.14 bits per heavy atom. The number of carbonyl (C=O) groups is 1. The van der Waals surface area contributed by atoms with E-state index in [9.17, 15) is 18.4 Å². The number of fused-ring (bicyclic) bond motifs is 1. The van der Waals surface area contributed by atoms with E-state index in [4.69, 9.17) is 16.3 Å². The highest BCUT2D eigenvalue weighted by Gasteiger charge is 2.38. The van der Waals surface area contributed by atoms with Crippen LogP contribution in [0.3, 0.4) is 0 Å². The molecule has 2 aromatic heterocycles. The molecule has 0 aliphatic carbocycles. The molecule has 7 nitrogen and oxygen atoms in total. The third-order valence-corrected chi connectivity index (χ3v) is 6.35. The van der Waals surface area contributed by atoms with Crippen molar-refractivity contribution in [2.24, 2.45) is 13.0 Å². The van der Waals surface area contributed by atoms with Crippen LogP contribution in [-0.2, 0) is 11.8 Å². The summed E-state index contributed by atoms with van der Waals surface area (Å²) in [5.41, 5.74) is 1.91. The normalized spacial score (nSPS) is 13.5. The minimum absolute atomic E-state index is 0.145. The number of alkyl halides is 2. The number of rotatable bonds is 8. The number of hydrogen-bond donors (Lipinski definition) is 1. The number of hydrogen-bond acceptors (Lipinski definition) is 4. The number of nitrogens with one attached hydrogen (secondary N) is 1. The highest BCUT2D eigenvalue weighted by atomic mass is 35.5. The molecule has 4 aromatic rings. The largest absolute Gasteiger partial charge is 0.482 e. The minimum atomic E-state index is -3.54. The second-order valence-corrected chi connectivity index (χ2v) is 9.72. The topological polar surface area (TPSA) is 78.2 Å². The molecule has 0 aliphatic heterocycles. The Morgan fingerprint density at radius 3 is 2.46 bits per heavy atom. The van der Waals surface area contributed by atoms with Gasteiger partial charge in [-0.05, 0) is 29.7 Å². The van der Waals surface area contributed by atoms with Crippen LogP contribution in [0.25, 0.3) is 16.6 Å². The van der Waals surface area contributed by atoms with Crippen LogP contribution in [0.5, 0.6) is 5.75 Å². The van der Waals surface area contributed by atoms with E-state index in [1.54, 1.807) is 66.6 Å². The first-order chi connectivity index (χ1) is 17.5. The Bertz CT molecular complexity index is 1480. The van der Waals surface area contributed by atoms with E-state index in [-0.39, 0.29) is 16.5 Å². The number of aryl methyl sites for hydroxylation is 1. The second-order valence-electron chi connectivity index (χ2n) is 9.32. The summed E-state index contributed by atoms with van der Waals surface area (Å²) in [7, 11) is 1.65. The van der Waals surface area contributed by atoms with Crippen LogP contribution in [0, 0.1) is 5.92 Å². The molecule has 194 valence electrons. The number of pyridine rings is 1. The van der Waals surface area contributed by atoms with Crippen molar-refractivity contribution in [2.75, 3.05) is 0 Å². The van der Waals surface area contributed by atoms with Gasteiger partial charge in [-0.15, -0.1) is 0 Å². The average Bonchev–Trinajstić information content (AvgIpc) is 3.25. The van der Waals surface area contributed by atoms with E-state index < -0.39 is 24.0 Å². The highest BCUT2D eigenvalue weighted by molar-refractivity contribution is 6.32. The fraction of sp³-hybridized carbons (Fsp3) is 0.296. The van der Waals surface area contributed by atoms with Crippen LogP contribution < -0.4 is 15.6 Å². The Balaban J connectivity index is 1.74. The van der Waals surface area contributed by atoms with Crippen LogP contribution in [0.15, 0.2) is 71.8 Å². The van der Waals surface area contributed by atoms with Crippen LogP contribution in [0.1, 0.15) is 32.4 Å². The highest BCUT2D eigenvalue weighted by Crippen LogP contribution is 2.36. The lowest BCUT2D eigenvalue weighted by Crippen LogP contribution is -2.49. The molecule has 0 radical (unpaired) electrons. The molecule has 1 N–H and O–H groups in total. The third-order valence-electron chi connectivity index (χ3n) is 6.06. The molecular weight excluding hydrogens is 502 g/mol. The molecule has 10 heteroatoms. The van der Waals surface area contributed by atoms with Crippen molar-refractivity contribution >= 4 is 28.4 Å². The summed E-state index contributed by atoms with van der Waals surface area (Å²) in [6.07, 6.45) is 2.50. The third kappa shape index (κ3) is 5.67. The summed E-state index contributed by atoms with van der Waals surface area (Å²) < 4.78 is 37.0. The number of nitrogens with zero attached hydrogens (tertiary/aromatic N) is 3. The van der Waals surface area contributed by atoms with Gasteiger partial charge < -0.3 is 14.6 Å². The molecule has 4 rings (SSSR count). The molecule has 1 amide bonds. The minimum Gasteiger partial charge on any atom is -0.482 e. The maximum atomic E-state index is 13.8. The van der Waals surface area contributed by atoms with Crippen molar-refractivity contribution in [1.82, 2.24) is 19.7 Å². The van der Waals surface area contributed by atoms with Crippen molar-refractivity contribution in [2.45, 2.75) is 38.8 Å². The lowest BCUT2D eigenvalue weighted by atomic mass is 9.92. The first-order valence-electron chi connectivity index (χ1n) is 11.7. The molecule has 0 bridgehead atoms. The van der Waals surface area contributed by atoms with E-state index >= 15 is 0 Å². The van der Waals surface area contributed by atoms with E-state index in [1.165, 1.54) is 10.6 Å². The van der Waals surface area contributed by atoms with Gasteiger partial charge in [0.1, 0.15) is 11.9 Å².